The molecule has 1 atom stereocenters. The third-order valence-corrected chi connectivity index (χ3v) is 10.1. The van der Waals surface area contributed by atoms with Gasteiger partial charge < -0.3 is 64.3 Å². The topological polar surface area (TPSA) is 339 Å². The van der Waals surface area contributed by atoms with Gasteiger partial charge in [-0.3, -0.25) is 58.0 Å². The van der Waals surface area contributed by atoms with Gasteiger partial charge in [-0.1, -0.05) is 0 Å². The number of carboxylic acid groups (broad SMARTS) is 4. The monoisotopic (exact) mass is 979 g/mol. The average molecular weight is 980 g/mol. The van der Waals surface area contributed by atoms with Gasteiger partial charge in [0.1, 0.15) is 6.04 Å². The third-order valence-electron chi connectivity index (χ3n) is 10.1. The number of carboxylic acids is 4. The van der Waals surface area contributed by atoms with E-state index in [0.29, 0.717) is 24.9 Å². The van der Waals surface area contributed by atoms with Crippen molar-refractivity contribution in [2.75, 3.05) is 164 Å². The summed E-state index contributed by atoms with van der Waals surface area (Å²) in [5.41, 5.74) is 0. The Balaban J connectivity index is 1.50. The molecule has 0 aliphatic carbocycles. The van der Waals surface area contributed by atoms with Gasteiger partial charge in [-0.05, 0) is 6.42 Å². The maximum Gasteiger partial charge on any atom is 0.335 e. The Hall–Kier alpha value is -4.97. The van der Waals surface area contributed by atoms with Crippen molar-refractivity contribution < 1.29 is 96.8 Å². The van der Waals surface area contributed by atoms with Gasteiger partial charge in [0, 0.05) is 91.1 Å². The van der Waals surface area contributed by atoms with Crippen molar-refractivity contribution in [3.05, 3.63) is 0 Å². The summed E-state index contributed by atoms with van der Waals surface area (Å²) in [7, 11) is 0. The molecule has 6 N–H and O–H groups in total. The quantitative estimate of drug-likeness (QED) is 0.0261. The highest BCUT2D eigenvalue weighted by Crippen LogP contribution is 2.13. The van der Waals surface area contributed by atoms with Crippen LogP contribution in [0.25, 0.3) is 0 Å². The van der Waals surface area contributed by atoms with Gasteiger partial charge in [0.15, 0.2) is 0 Å². The predicted molar refractivity (Wildman–Crippen MR) is 232 cm³/mol. The van der Waals surface area contributed by atoms with Crippen LogP contribution in [0.4, 0.5) is 0 Å². The van der Waals surface area contributed by atoms with E-state index in [-0.39, 0.29) is 189 Å². The molecule has 2 rings (SSSR count). The molecule has 2 heterocycles. The van der Waals surface area contributed by atoms with Crippen LogP contribution in [0.3, 0.4) is 0 Å². The van der Waals surface area contributed by atoms with Gasteiger partial charge in [-0.25, -0.2) is 4.79 Å². The fourth-order valence-corrected chi connectivity index (χ4v) is 6.55. The smallest absolute Gasteiger partial charge is 0.335 e. The van der Waals surface area contributed by atoms with Crippen LogP contribution in [0.15, 0.2) is 0 Å². The normalized spacial score (nSPS) is 16.4. The van der Waals surface area contributed by atoms with Crippen LogP contribution < -0.4 is 10.6 Å². The highest BCUT2D eigenvalue weighted by atomic mass is 16.7. The summed E-state index contributed by atoms with van der Waals surface area (Å²) in [5.74, 6) is -6.93. The number of rotatable bonds is 36. The van der Waals surface area contributed by atoms with E-state index in [1.54, 1.807) is 19.6 Å². The molecule has 4 amide bonds. The Kier molecular flexibility index (Phi) is 31.4. The molecule has 0 aromatic heterocycles. The fourth-order valence-electron chi connectivity index (χ4n) is 6.55. The molecule has 0 spiro atoms. The zero-order valence-electron chi connectivity index (χ0n) is 38.6. The minimum absolute atomic E-state index is 0.0256. The lowest BCUT2D eigenvalue weighted by molar-refractivity contribution is -0.198. The van der Waals surface area contributed by atoms with Gasteiger partial charge in [-0.2, -0.15) is 0 Å². The second kappa shape index (κ2) is 36.1. The highest BCUT2D eigenvalue weighted by molar-refractivity contribution is 6.01. The van der Waals surface area contributed by atoms with Gasteiger partial charge in [0.05, 0.1) is 105 Å². The molecule has 0 aromatic carbocycles. The highest BCUT2D eigenvalue weighted by Gasteiger charge is 2.33. The van der Waals surface area contributed by atoms with E-state index in [4.69, 9.17) is 33.3 Å². The molecule has 0 radical (unpaired) electrons. The van der Waals surface area contributed by atoms with E-state index < -0.39 is 53.6 Å². The van der Waals surface area contributed by atoms with Gasteiger partial charge in [0.25, 0.3) is 11.8 Å². The van der Waals surface area contributed by atoms with Gasteiger partial charge in [0.2, 0.25) is 11.8 Å². The number of hydrogen-bond donors (Lipinski definition) is 6. The third kappa shape index (κ3) is 29.0. The first-order chi connectivity index (χ1) is 32.6. The van der Waals surface area contributed by atoms with Crippen molar-refractivity contribution in [2.45, 2.75) is 44.6 Å². The number of aliphatic carboxylic acids is 4. The summed E-state index contributed by atoms with van der Waals surface area (Å²) < 4.78 is 32.4. The predicted octanol–water partition coefficient (Wildman–Crippen LogP) is -3.59. The molecule has 2 aliphatic rings. The van der Waals surface area contributed by atoms with Crippen LogP contribution in [0, 0.1) is 0 Å². The summed E-state index contributed by atoms with van der Waals surface area (Å²) in [6.45, 7) is 3.49. The summed E-state index contributed by atoms with van der Waals surface area (Å²) in [6, 6.07) is -1.13. The van der Waals surface area contributed by atoms with Crippen LogP contribution >= 0.6 is 0 Å². The number of amides is 4. The Bertz CT molecular complexity index is 1530. The van der Waals surface area contributed by atoms with E-state index in [1.807, 2.05) is 0 Å². The molecule has 68 heavy (non-hydrogen) atoms. The molecule has 388 valence electrons. The lowest BCUT2D eigenvalue weighted by Crippen LogP contribution is -2.52. The first-order valence-electron chi connectivity index (χ1n) is 22.5. The Morgan fingerprint density at radius 1 is 0.471 bits per heavy atom. The second-order valence-corrected chi connectivity index (χ2v) is 15.4. The molecule has 27 heteroatoms. The zero-order chi connectivity index (χ0) is 49.9. The fraction of sp³-hybridized carbons (Fsp3) is 0.780. The van der Waals surface area contributed by atoms with Crippen molar-refractivity contribution in [2.24, 2.45) is 0 Å². The number of imide groups is 1. The Labute approximate surface area is 394 Å². The maximum absolute atomic E-state index is 12.6. The van der Waals surface area contributed by atoms with Crippen LogP contribution in [0.2, 0.25) is 0 Å². The van der Waals surface area contributed by atoms with Gasteiger partial charge in [-0.15, -0.1) is 5.06 Å². The summed E-state index contributed by atoms with van der Waals surface area (Å²) in [5, 5.41) is 44.3. The van der Waals surface area contributed by atoms with Crippen LogP contribution in [-0.4, -0.2) is 269 Å². The number of hydrogen-bond acceptors (Lipinski definition) is 20. The summed E-state index contributed by atoms with van der Waals surface area (Å²) in [4.78, 5) is 117. The number of carbonyl (C=O) groups excluding carboxylic acids is 5. The van der Waals surface area contributed by atoms with E-state index in [9.17, 15) is 63.6 Å². The maximum atomic E-state index is 12.6. The van der Waals surface area contributed by atoms with E-state index in [0.717, 1.165) is 0 Å². The largest absolute Gasteiger partial charge is 0.480 e. The Morgan fingerprint density at radius 3 is 1.22 bits per heavy atom. The molecule has 2 aliphatic heterocycles. The molecule has 1 unspecified atom stereocenters. The number of hydroxylamine groups is 2. The number of nitrogens with one attached hydrogen (secondary N) is 2. The first kappa shape index (κ1) is 59.2. The summed E-state index contributed by atoms with van der Waals surface area (Å²) in [6.07, 6.45) is -0.123. The lowest BCUT2D eigenvalue weighted by atomic mass is 10.1. The summed E-state index contributed by atoms with van der Waals surface area (Å²) >= 11 is 0. The second-order valence-electron chi connectivity index (χ2n) is 15.4. The molecule has 2 fully saturated rings. The van der Waals surface area contributed by atoms with Crippen molar-refractivity contribution in [3.8, 4) is 0 Å². The van der Waals surface area contributed by atoms with Crippen LogP contribution in [0.1, 0.15) is 38.5 Å². The molecule has 0 saturated carbocycles. The van der Waals surface area contributed by atoms with Crippen molar-refractivity contribution in [1.29, 1.82) is 0 Å². The van der Waals surface area contributed by atoms with E-state index in [2.05, 4.69) is 10.6 Å². The van der Waals surface area contributed by atoms with Crippen molar-refractivity contribution >= 4 is 53.5 Å². The lowest BCUT2D eigenvalue weighted by Gasteiger charge is -2.35. The molecular weight excluding hydrogens is 910 g/mol. The SMILES string of the molecule is O=C(O)CN1CCN(CC(=O)O)CCN(C(CCC(=O)NCCOCCOCCNC(=O)CCOCCOCCOCCOCCC(=O)ON2C(=O)CCC2=O)C(=O)O)CCN(CC(=O)O)CC1. The molecule has 0 aromatic rings. The Morgan fingerprint density at radius 2 is 0.824 bits per heavy atom. The standard InChI is InChI=1S/C41H69N7O20/c49-33(2-1-32(41(60)61)47-15-13-45(30-38(55)56)11-9-44(29-37(53)54)10-12-46(14-16-47)31-39(57)58)42-7-19-64-23-24-65-20-8-43-34(50)5-17-62-21-25-66-27-28-67-26-22-63-18-6-40(59)68-48-35(51)3-4-36(48)52/h32H,1-31H2,(H,42,49)(H,43,50)(H,53,54)(H,55,56)(H,57,58)(H,60,61). The number of carbonyl (C=O) groups is 9. The number of ether oxygens (including phenoxy) is 6. The molecule has 2 saturated heterocycles. The average Bonchev–Trinajstić information content (AvgIpc) is 3.59. The molecule has 27 nitrogen and oxygen atoms in total. The van der Waals surface area contributed by atoms with Crippen molar-refractivity contribution in [3.63, 3.8) is 0 Å². The van der Waals surface area contributed by atoms with Crippen LogP contribution in [0.5, 0.6) is 0 Å². The molecular formula is C41H69N7O20. The van der Waals surface area contributed by atoms with Crippen LogP contribution in [-0.2, 0) is 76.4 Å². The first-order valence-corrected chi connectivity index (χ1v) is 22.5. The number of nitrogens with zero attached hydrogens (tertiary/aromatic N) is 5. The van der Waals surface area contributed by atoms with E-state index in [1.165, 1.54) is 0 Å². The minimum Gasteiger partial charge on any atom is -0.480 e. The zero-order valence-corrected chi connectivity index (χ0v) is 38.6. The van der Waals surface area contributed by atoms with E-state index >= 15 is 0 Å². The molecule has 0 bridgehead atoms. The minimum atomic E-state index is -1.19. The van der Waals surface area contributed by atoms with Gasteiger partial charge >= 0.3 is 29.8 Å². The van der Waals surface area contributed by atoms with Crippen molar-refractivity contribution in [1.82, 2.24) is 35.3 Å².